The van der Waals surface area contributed by atoms with Gasteiger partial charge < -0.3 is 24.8 Å². The van der Waals surface area contributed by atoms with Crippen LogP contribution in [0.1, 0.15) is 75.6 Å². The Balaban J connectivity index is 0.000000188. The van der Waals surface area contributed by atoms with Gasteiger partial charge in [-0.05, 0) is 25.0 Å². The van der Waals surface area contributed by atoms with Crippen molar-refractivity contribution in [2.24, 2.45) is 0 Å². The van der Waals surface area contributed by atoms with Gasteiger partial charge in [0, 0.05) is 11.8 Å². The van der Waals surface area contributed by atoms with E-state index in [-0.39, 0.29) is 24.8 Å². The van der Waals surface area contributed by atoms with E-state index in [2.05, 4.69) is 224 Å². The third kappa shape index (κ3) is 10.9. The standard InChI is InChI=1S/2C25H19.2C3H6.2ClH.2Zr/c2*1-17-14-23(18-8-3-2-4-9-18)24(15-17)22-13-7-12-21-20-11-6-5-10-19(20)16-25(21)22;2*1-3-2;;;;/h2*2-16,23H,1H3;2*1-2H3;2*1H;;/q2*-1;;;;;;/p-2. The number of rotatable bonds is 4. The maximum absolute atomic E-state index is 2.38. The molecule has 8 aromatic rings. The molecule has 0 bridgehead atoms. The monoisotopic (exact) mass is 972 g/mol. The molecule has 0 saturated carbocycles. The van der Waals surface area contributed by atoms with Gasteiger partial charge in [0.15, 0.2) is 0 Å². The van der Waals surface area contributed by atoms with E-state index >= 15 is 0 Å². The predicted molar refractivity (Wildman–Crippen MR) is 249 cm³/mol. The Hall–Kier alpha value is -3.89. The summed E-state index contributed by atoms with van der Waals surface area (Å²) in [5.74, 6) is 0.676. The molecule has 2 unspecified atom stereocenters. The van der Waals surface area contributed by atoms with Crippen LogP contribution >= 0.6 is 0 Å². The molecule has 0 amide bonds. The zero-order valence-corrected chi connectivity index (χ0v) is 41.7. The first-order chi connectivity index (χ1) is 28.1. The molecule has 8 aromatic carbocycles. The first-order valence-electron chi connectivity index (χ1n) is 20.2. The van der Waals surface area contributed by atoms with Crippen molar-refractivity contribution >= 4 is 60.6 Å². The number of allylic oxidation sites excluding steroid dienone is 8. The van der Waals surface area contributed by atoms with Crippen molar-refractivity contribution in [1.29, 1.82) is 0 Å². The van der Waals surface area contributed by atoms with Gasteiger partial charge in [-0.2, -0.15) is 0 Å². The molecule has 0 spiro atoms. The molecule has 0 saturated heterocycles. The molecule has 2 atom stereocenters. The Labute approximate surface area is 399 Å². The van der Waals surface area contributed by atoms with Crippen LogP contribution in [0.25, 0.3) is 54.2 Å². The fourth-order valence-corrected chi connectivity index (χ4v) is 8.30. The fourth-order valence-electron chi connectivity index (χ4n) is 8.30. The normalized spacial score (nSPS) is 15.1. The number of hydrogen-bond donors (Lipinski definition) is 0. The second-order valence-corrected chi connectivity index (χ2v) is 20.7. The van der Waals surface area contributed by atoms with Crippen LogP contribution < -0.4 is 24.8 Å². The third-order valence-electron chi connectivity index (χ3n) is 10.5. The Morgan fingerprint density at radius 1 is 0.417 bits per heavy atom. The summed E-state index contributed by atoms with van der Waals surface area (Å²) in [6.07, 6.45) is 9.46. The van der Waals surface area contributed by atoms with Crippen LogP contribution in [0.2, 0.25) is 0 Å². The smallest absolute Gasteiger partial charge is 1.00 e. The van der Waals surface area contributed by atoms with E-state index in [4.69, 9.17) is 0 Å². The number of halogens is 2. The van der Waals surface area contributed by atoms with Gasteiger partial charge in [-0.25, -0.2) is 0 Å². The van der Waals surface area contributed by atoms with E-state index in [1.165, 1.54) is 94.0 Å². The molecule has 10 rings (SSSR count). The molecular formula is C56H50Cl2Zr2-4. The minimum Gasteiger partial charge on any atom is -1.00 e. The molecule has 0 N–H and O–H groups in total. The van der Waals surface area contributed by atoms with Gasteiger partial charge in [-0.1, -0.05) is 191 Å². The van der Waals surface area contributed by atoms with Crippen molar-refractivity contribution in [2.75, 3.05) is 0 Å². The first kappa shape index (κ1) is 47.2. The minimum absolute atomic E-state index is 0. The van der Waals surface area contributed by atoms with Gasteiger partial charge in [0.1, 0.15) is 0 Å². The summed E-state index contributed by atoms with van der Waals surface area (Å²) < 4.78 is 3.01. The van der Waals surface area contributed by atoms with Crippen LogP contribution in [0, 0.1) is 0 Å². The van der Waals surface area contributed by atoms with Crippen molar-refractivity contribution in [3.8, 4) is 0 Å². The van der Waals surface area contributed by atoms with Crippen LogP contribution in [0.5, 0.6) is 0 Å². The SMILES string of the molecule is CC1=CC(c2ccccc2)C(c2cccc3c2[cH-]c2ccccc23)=C1.CC1=CC(c2ccccc2)C(c2cccc3c2[cH-]c2ccccc23)=C1.C[C](C)=[Zr].C[C](C)=[Zr].[Cl-].[Cl-]. The summed E-state index contributed by atoms with van der Waals surface area (Å²) in [4.78, 5) is 0. The van der Waals surface area contributed by atoms with Crippen LogP contribution in [-0.4, -0.2) is 6.41 Å². The van der Waals surface area contributed by atoms with E-state index in [9.17, 15) is 0 Å². The molecule has 0 aromatic heterocycles. The fraction of sp³-hybridized carbons (Fsp3) is 0.143. The van der Waals surface area contributed by atoms with E-state index in [0.717, 1.165) is 0 Å². The van der Waals surface area contributed by atoms with Gasteiger partial charge in [-0.3, -0.25) is 0 Å². The van der Waals surface area contributed by atoms with Crippen LogP contribution in [0.15, 0.2) is 193 Å². The largest absolute Gasteiger partial charge is 1.00 e. The van der Waals surface area contributed by atoms with Crippen LogP contribution in [0.3, 0.4) is 0 Å². The maximum Gasteiger partial charge on any atom is -1.00 e. The van der Waals surface area contributed by atoms with E-state index in [1.54, 1.807) is 48.5 Å². The van der Waals surface area contributed by atoms with Gasteiger partial charge in [0.2, 0.25) is 0 Å². The molecule has 2 aliphatic rings. The van der Waals surface area contributed by atoms with Crippen molar-refractivity contribution in [2.45, 2.75) is 53.4 Å². The van der Waals surface area contributed by atoms with Crippen molar-refractivity contribution < 1.29 is 73.3 Å². The third-order valence-corrected chi connectivity index (χ3v) is 10.5. The summed E-state index contributed by atoms with van der Waals surface area (Å²) in [7, 11) is 0. The van der Waals surface area contributed by atoms with Gasteiger partial charge in [0.05, 0.1) is 0 Å². The molecule has 0 aliphatic heterocycles. The number of fused-ring (bicyclic) bond motifs is 6. The van der Waals surface area contributed by atoms with Crippen molar-refractivity contribution in [3.05, 3.63) is 215 Å². The topological polar surface area (TPSA) is 0 Å². The average Bonchev–Trinajstić information content (AvgIpc) is 4.00. The zero-order chi connectivity index (χ0) is 40.8. The Bertz CT molecular complexity index is 2670. The Morgan fingerprint density at radius 3 is 1.10 bits per heavy atom. The van der Waals surface area contributed by atoms with Gasteiger partial charge in [0.25, 0.3) is 0 Å². The molecule has 0 fully saturated rings. The van der Waals surface area contributed by atoms with E-state index in [1.807, 2.05) is 0 Å². The van der Waals surface area contributed by atoms with Gasteiger partial charge in [-0.15, -0.1) is 67.4 Å². The molecule has 300 valence electrons. The first-order valence-corrected chi connectivity index (χ1v) is 22.6. The Kier molecular flexibility index (Phi) is 17.1. The summed E-state index contributed by atoms with van der Waals surface area (Å²) >= 11 is 3.11. The summed E-state index contributed by atoms with van der Waals surface area (Å²) in [6.45, 7) is 12.9. The van der Waals surface area contributed by atoms with Crippen LogP contribution in [-0.2, 0) is 48.5 Å². The Morgan fingerprint density at radius 2 is 0.733 bits per heavy atom. The summed E-state index contributed by atoms with van der Waals surface area (Å²) in [6, 6.07) is 57.1. The zero-order valence-electron chi connectivity index (χ0n) is 35.2. The maximum atomic E-state index is 2.38. The molecular weight excluding hydrogens is 926 g/mol. The minimum atomic E-state index is 0. The average molecular weight is 976 g/mol. The second kappa shape index (κ2) is 21.8. The van der Waals surface area contributed by atoms with E-state index in [0.29, 0.717) is 11.8 Å². The quantitative estimate of drug-likeness (QED) is 0.155. The summed E-state index contributed by atoms with van der Waals surface area (Å²) in [5, 5.41) is 10.8. The van der Waals surface area contributed by atoms with E-state index < -0.39 is 0 Å². The van der Waals surface area contributed by atoms with Crippen molar-refractivity contribution in [3.63, 3.8) is 0 Å². The molecule has 0 nitrogen and oxygen atoms in total. The number of hydrogen-bond acceptors (Lipinski definition) is 0. The second-order valence-electron chi connectivity index (χ2n) is 15.8. The molecule has 0 radical (unpaired) electrons. The molecule has 0 heterocycles. The van der Waals surface area contributed by atoms with Crippen molar-refractivity contribution in [1.82, 2.24) is 0 Å². The van der Waals surface area contributed by atoms with Gasteiger partial charge >= 0.3 is 82.6 Å². The molecule has 4 heteroatoms. The summed E-state index contributed by atoms with van der Waals surface area (Å²) in [5.41, 5.74) is 10.9. The number of benzene rings is 6. The predicted octanol–water partition coefficient (Wildman–Crippen LogP) is 9.18. The van der Waals surface area contributed by atoms with Crippen LogP contribution in [0.4, 0.5) is 0 Å². The molecule has 2 aliphatic carbocycles. The molecule has 60 heavy (non-hydrogen) atoms.